The molecule has 0 N–H and O–H groups in total. The van der Waals surface area contributed by atoms with Crippen LogP contribution in [-0.2, 0) is 4.74 Å². The van der Waals surface area contributed by atoms with Crippen LogP contribution in [0.15, 0.2) is 12.1 Å². The number of hydrogen-bond acceptors (Lipinski definition) is 3. The van der Waals surface area contributed by atoms with E-state index in [-0.39, 0.29) is 5.97 Å². The zero-order valence-corrected chi connectivity index (χ0v) is 7.11. The zero-order chi connectivity index (χ0) is 8.10. The molecule has 0 aliphatic rings. The highest BCUT2D eigenvalue weighted by molar-refractivity contribution is 7.11. The summed E-state index contributed by atoms with van der Waals surface area (Å²) in [6.45, 7) is 2.46. The minimum Gasteiger partial charge on any atom is -0.462 e. The van der Waals surface area contributed by atoms with E-state index in [0.29, 0.717) is 11.5 Å². The van der Waals surface area contributed by atoms with Crippen LogP contribution in [0.25, 0.3) is 0 Å². The van der Waals surface area contributed by atoms with Gasteiger partial charge in [0, 0.05) is 5.38 Å². The number of hydrogen-bond donors (Lipinski definition) is 0. The van der Waals surface area contributed by atoms with Gasteiger partial charge in [0.1, 0.15) is 4.88 Å². The molecule has 0 spiro atoms. The van der Waals surface area contributed by atoms with Gasteiger partial charge in [0.15, 0.2) is 0 Å². The minimum atomic E-state index is -0.238. The van der Waals surface area contributed by atoms with Crippen molar-refractivity contribution in [1.29, 1.82) is 0 Å². The molecule has 0 aliphatic carbocycles. The lowest BCUT2D eigenvalue weighted by Crippen LogP contribution is -2.03. The molecule has 0 unspecified atom stereocenters. The molecule has 0 fully saturated rings. The van der Waals surface area contributed by atoms with Crippen LogP contribution in [0.2, 0.25) is 0 Å². The van der Waals surface area contributed by atoms with Crippen LogP contribution in [0.5, 0.6) is 0 Å². The van der Waals surface area contributed by atoms with Gasteiger partial charge in [0.05, 0.1) is 6.61 Å². The first-order valence-electron chi connectivity index (χ1n) is 3.47. The molecule has 0 saturated carbocycles. The van der Waals surface area contributed by atoms with Crippen LogP contribution < -0.4 is 0 Å². The fourth-order valence-corrected chi connectivity index (χ4v) is 1.16. The molecule has 1 heterocycles. The molecule has 0 amide bonds. The number of esters is 1. The number of carbonyl (C=O) groups is 1. The molecular weight excluding hydrogens is 160 g/mol. The number of rotatable bonds is 3. The standard InChI is InChI=1S/C8H9O2S/c1-2-5-10-8(9)7-4-3-6-11-7/h3-4H,2,5H2,1H3. The predicted molar refractivity (Wildman–Crippen MR) is 43.7 cm³/mol. The van der Waals surface area contributed by atoms with Crippen molar-refractivity contribution in [1.82, 2.24) is 0 Å². The Bertz CT molecular complexity index is 216. The summed E-state index contributed by atoms with van der Waals surface area (Å²) in [5.74, 6) is -0.238. The van der Waals surface area contributed by atoms with Crippen molar-refractivity contribution in [3.05, 3.63) is 22.4 Å². The van der Waals surface area contributed by atoms with Crippen molar-refractivity contribution < 1.29 is 9.53 Å². The average molecular weight is 169 g/mol. The van der Waals surface area contributed by atoms with Gasteiger partial charge in [-0.25, -0.2) is 4.79 Å². The van der Waals surface area contributed by atoms with Crippen molar-refractivity contribution in [3.8, 4) is 0 Å². The van der Waals surface area contributed by atoms with E-state index in [9.17, 15) is 4.79 Å². The molecule has 0 atom stereocenters. The summed E-state index contributed by atoms with van der Waals surface area (Å²) in [5.41, 5.74) is 0. The molecule has 0 aromatic carbocycles. The summed E-state index contributed by atoms with van der Waals surface area (Å²) in [5, 5.41) is 2.83. The van der Waals surface area contributed by atoms with Gasteiger partial charge in [-0.1, -0.05) is 6.92 Å². The summed E-state index contributed by atoms with van der Waals surface area (Å²) in [6, 6.07) is 3.43. The fraction of sp³-hybridized carbons (Fsp3) is 0.375. The smallest absolute Gasteiger partial charge is 0.348 e. The normalized spacial score (nSPS) is 9.55. The lowest BCUT2D eigenvalue weighted by Gasteiger charge is -1.98. The first kappa shape index (κ1) is 8.27. The zero-order valence-electron chi connectivity index (χ0n) is 6.29. The number of ether oxygens (including phenoxy) is 1. The summed E-state index contributed by atoms with van der Waals surface area (Å²) in [6.07, 6.45) is 0.862. The second kappa shape index (κ2) is 4.13. The summed E-state index contributed by atoms with van der Waals surface area (Å²) in [7, 11) is 0. The highest BCUT2D eigenvalue weighted by Gasteiger charge is 2.05. The van der Waals surface area contributed by atoms with Crippen molar-refractivity contribution >= 4 is 17.3 Å². The Labute approximate surface area is 69.8 Å². The van der Waals surface area contributed by atoms with Crippen molar-refractivity contribution in [2.75, 3.05) is 6.61 Å². The van der Waals surface area contributed by atoms with E-state index in [1.54, 1.807) is 12.1 Å². The van der Waals surface area contributed by atoms with Crippen LogP contribution >= 0.6 is 11.3 Å². The second-order valence-corrected chi connectivity index (χ2v) is 2.93. The molecular formula is C8H9O2S. The Morgan fingerprint density at radius 2 is 2.64 bits per heavy atom. The molecule has 59 valence electrons. The predicted octanol–water partition coefficient (Wildman–Crippen LogP) is 2.12. The molecule has 2 nitrogen and oxygen atoms in total. The van der Waals surface area contributed by atoms with Crippen LogP contribution in [0.3, 0.4) is 0 Å². The summed E-state index contributed by atoms with van der Waals surface area (Å²) in [4.78, 5) is 11.7. The Morgan fingerprint density at radius 3 is 3.18 bits per heavy atom. The van der Waals surface area contributed by atoms with E-state index in [2.05, 4.69) is 5.38 Å². The lowest BCUT2D eigenvalue weighted by atomic mass is 10.5. The molecule has 0 saturated heterocycles. The maximum absolute atomic E-state index is 11.0. The third kappa shape index (κ3) is 2.35. The van der Waals surface area contributed by atoms with Crippen LogP contribution in [0.4, 0.5) is 0 Å². The Kier molecular flexibility index (Phi) is 3.11. The Balaban J connectivity index is 2.43. The average Bonchev–Trinajstić information content (AvgIpc) is 2.52. The van der Waals surface area contributed by atoms with E-state index in [1.165, 1.54) is 11.3 Å². The van der Waals surface area contributed by atoms with E-state index < -0.39 is 0 Å². The largest absolute Gasteiger partial charge is 0.462 e. The van der Waals surface area contributed by atoms with Gasteiger partial charge in [-0.05, 0) is 18.6 Å². The molecule has 1 aromatic heterocycles. The third-order valence-corrected chi connectivity index (χ3v) is 1.89. The molecule has 0 bridgehead atoms. The monoisotopic (exact) mass is 169 g/mol. The van der Waals surface area contributed by atoms with Gasteiger partial charge in [-0.15, -0.1) is 11.3 Å². The molecule has 1 rings (SSSR count). The first-order chi connectivity index (χ1) is 5.34. The quantitative estimate of drug-likeness (QED) is 0.648. The molecule has 11 heavy (non-hydrogen) atoms. The van der Waals surface area contributed by atoms with Crippen molar-refractivity contribution in [2.24, 2.45) is 0 Å². The number of thiophene rings is 1. The Hall–Kier alpha value is -0.830. The highest BCUT2D eigenvalue weighted by atomic mass is 32.1. The summed E-state index contributed by atoms with van der Waals surface area (Å²) >= 11 is 1.28. The van der Waals surface area contributed by atoms with E-state index in [0.717, 1.165) is 6.42 Å². The topological polar surface area (TPSA) is 26.3 Å². The molecule has 1 aromatic rings. The van der Waals surface area contributed by atoms with E-state index in [4.69, 9.17) is 4.74 Å². The Morgan fingerprint density at radius 1 is 1.82 bits per heavy atom. The van der Waals surface area contributed by atoms with E-state index >= 15 is 0 Å². The van der Waals surface area contributed by atoms with Gasteiger partial charge in [0.2, 0.25) is 0 Å². The van der Waals surface area contributed by atoms with Gasteiger partial charge < -0.3 is 4.74 Å². The molecule has 1 radical (unpaired) electrons. The van der Waals surface area contributed by atoms with Crippen LogP contribution in [0, 0.1) is 5.38 Å². The minimum absolute atomic E-state index is 0.238. The summed E-state index contributed by atoms with van der Waals surface area (Å²) < 4.78 is 4.89. The first-order valence-corrected chi connectivity index (χ1v) is 4.29. The maximum Gasteiger partial charge on any atom is 0.348 e. The van der Waals surface area contributed by atoms with Crippen LogP contribution in [0.1, 0.15) is 23.0 Å². The number of carbonyl (C=O) groups excluding carboxylic acids is 1. The fourth-order valence-electron chi connectivity index (χ4n) is 0.617. The maximum atomic E-state index is 11.0. The third-order valence-electron chi connectivity index (χ3n) is 1.11. The highest BCUT2D eigenvalue weighted by Crippen LogP contribution is 2.08. The van der Waals surface area contributed by atoms with Crippen molar-refractivity contribution in [3.63, 3.8) is 0 Å². The second-order valence-electron chi connectivity index (χ2n) is 2.05. The lowest BCUT2D eigenvalue weighted by molar-refractivity contribution is 0.0511. The van der Waals surface area contributed by atoms with Gasteiger partial charge in [0.25, 0.3) is 0 Å². The van der Waals surface area contributed by atoms with Gasteiger partial charge in [-0.2, -0.15) is 0 Å². The van der Waals surface area contributed by atoms with E-state index in [1.807, 2.05) is 6.92 Å². The molecule has 3 heteroatoms. The van der Waals surface area contributed by atoms with Crippen molar-refractivity contribution in [2.45, 2.75) is 13.3 Å². The SMILES string of the molecule is CCCOC(=O)c1cc[c]s1. The van der Waals surface area contributed by atoms with Gasteiger partial charge in [-0.3, -0.25) is 0 Å². The molecule has 0 aliphatic heterocycles. The van der Waals surface area contributed by atoms with Gasteiger partial charge >= 0.3 is 5.97 Å². The van der Waals surface area contributed by atoms with Crippen LogP contribution in [-0.4, -0.2) is 12.6 Å².